The van der Waals surface area contributed by atoms with Crippen LogP contribution in [0.1, 0.15) is 51.9 Å². The zero-order chi connectivity index (χ0) is 16.0. The summed E-state index contributed by atoms with van der Waals surface area (Å²) in [6, 6.07) is -0.716. The Balaban J connectivity index is 0. The average molecular weight is 290 g/mol. The lowest BCUT2D eigenvalue weighted by atomic mass is 10.1. The molecule has 0 aliphatic heterocycles. The molecule has 0 aromatic heterocycles. The summed E-state index contributed by atoms with van der Waals surface area (Å²) in [5, 5.41) is 8.33. The number of quaternary nitrogens is 1. The number of nitrogens with zero attached hydrogens (tertiary/aromatic N) is 1. The van der Waals surface area contributed by atoms with Gasteiger partial charge in [0.05, 0.1) is 27.7 Å². The van der Waals surface area contributed by atoms with Crippen molar-refractivity contribution in [2.24, 2.45) is 11.5 Å². The molecular weight excluding hydrogens is 254 g/mol. The number of nitrogens with two attached hydrogens (primary N) is 2. The average Bonchev–Trinajstić information content (AvgIpc) is 2.34. The monoisotopic (exact) mass is 290 g/mol. The maximum absolute atomic E-state index is 10.1. The SMILES string of the molecule is CCCCCC[N+](C)(C)C.NCCCC[C@H](N)C(=O)O. The largest absolute Gasteiger partial charge is 0.480 e. The number of rotatable bonds is 10. The maximum atomic E-state index is 10.1. The van der Waals surface area contributed by atoms with Crippen molar-refractivity contribution in [1.29, 1.82) is 0 Å². The van der Waals surface area contributed by atoms with Crippen LogP contribution >= 0.6 is 0 Å². The van der Waals surface area contributed by atoms with Crippen LogP contribution in [0.25, 0.3) is 0 Å². The van der Waals surface area contributed by atoms with Crippen molar-refractivity contribution < 1.29 is 14.4 Å². The minimum absolute atomic E-state index is 0.520. The van der Waals surface area contributed by atoms with Gasteiger partial charge in [-0.15, -0.1) is 0 Å². The summed E-state index contributed by atoms with van der Waals surface area (Å²) >= 11 is 0. The van der Waals surface area contributed by atoms with Gasteiger partial charge in [-0.05, 0) is 32.2 Å². The van der Waals surface area contributed by atoms with E-state index < -0.39 is 12.0 Å². The second-order valence-corrected chi connectivity index (χ2v) is 6.30. The molecule has 0 amide bonds. The first kappa shape index (κ1) is 21.6. The third-order valence-corrected chi connectivity index (χ3v) is 2.97. The predicted molar refractivity (Wildman–Crippen MR) is 85.6 cm³/mol. The zero-order valence-electron chi connectivity index (χ0n) is 13.9. The summed E-state index contributed by atoms with van der Waals surface area (Å²) in [6.45, 7) is 4.18. The van der Waals surface area contributed by atoms with Crippen molar-refractivity contribution in [1.82, 2.24) is 0 Å². The van der Waals surface area contributed by atoms with Crippen LogP contribution in [0.5, 0.6) is 0 Å². The number of carboxylic acid groups (broad SMARTS) is 1. The molecule has 0 spiro atoms. The van der Waals surface area contributed by atoms with E-state index >= 15 is 0 Å². The Morgan fingerprint density at radius 2 is 1.70 bits per heavy atom. The molecule has 0 bridgehead atoms. The van der Waals surface area contributed by atoms with E-state index in [1.807, 2.05) is 0 Å². The quantitative estimate of drug-likeness (QED) is 0.423. The molecule has 20 heavy (non-hydrogen) atoms. The van der Waals surface area contributed by atoms with Crippen molar-refractivity contribution in [2.45, 2.75) is 57.9 Å². The number of carboxylic acids is 1. The van der Waals surface area contributed by atoms with Crippen LogP contribution in [0.3, 0.4) is 0 Å². The highest BCUT2D eigenvalue weighted by Crippen LogP contribution is 2.02. The third kappa shape index (κ3) is 19.7. The topological polar surface area (TPSA) is 89.3 Å². The van der Waals surface area contributed by atoms with E-state index in [-0.39, 0.29) is 0 Å². The van der Waals surface area contributed by atoms with E-state index in [1.165, 1.54) is 32.2 Å². The molecule has 0 saturated carbocycles. The Labute approximate surface area is 124 Å². The molecule has 0 radical (unpaired) electrons. The molecule has 0 saturated heterocycles. The Kier molecular flexibility index (Phi) is 14.4. The van der Waals surface area contributed by atoms with E-state index in [1.54, 1.807) is 0 Å². The van der Waals surface area contributed by atoms with Crippen molar-refractivity contribution in [3.05, 3.63) is 0 Å². The maximum Gasteiger partial charge on any atom is 0.320 e. The Bertz CT molecular complexity index is 228. The smallest absolute Gasteiger partial charge is 0.320 e. The number of carbonyl (C=O) groups is 1. The normalized spacial score (nSPS) is 12.5. The van der Waals surface area contributed by atoms with Gasteiger partial charge in [0.2, 0.25) is 0 Å². The van der Waals surface area contributed by atoms with Gasteiger partial charge < -0.3 is 21.1 Å². The van der Waals surface area contributed by atoms with Crippen molar-refractivity contribution in [3.8, 4) is 0 Å². The zero-order valence-corrected chi connectivity index (χ0v) is 13.9. The van der Waals surface area contributed by atoms with Gasteiger partial charge in [0, 0.05) is 0 Å². The predicted octanol–water partition coefficient (Wildman–Crippen LogP) is 1.80. The molecule has 122 valence electrons. The molecule has 0 aliphatic rings. The van der Waals surface area contributed by atoms with E-state index in [2.05, 4.69) is 28.1 Å². The summed E-state index contributed by atoms with van der Waals surface area (Å²) in [5.74, 6) is -0.933. The van der Waals surface area contributed by atoms with Crippen molar-refractivity contribution in [3.63, 3.8) is 0 Å². The lowest BCUT2D eigenvalue weighted by molar-refractivity contribution is -0.870. The number of aliphatic carboxylic acids is 1. The molecule has 0 rings (SSSR count). The fourth-order valence-corrected chi connectivity index (χ4v) is 1.64. The molecule has 0 aromatic rings. The van der Waals surface area contributed by atoms with Crippen LogP contribution in [0.15, 0.2) is 0 Å². The Hall–Kier alpha value is -0.650. The number of unbranched alkanes of at least 4 members (excludes halogenated alkanes) is 4. The van der Waals surface area contributed by atoms with Gasteiger partial charge in [-0.3, -0.25) is 4.79 Å². The Morgan fingerprint density at radius 3 is 2.10 bits per heavy atom. The summed E-state index contributed by atoms with van der Waals surface area (Å²) in [4.78, 5) is 10.1. The van der Waals surface area contributed by atoms with E-state index in [4.69, 9.17) is 16.6 Å². The van der Waals surface area contributed by atoms with Crippen LogP contribution in [-0.4, -0.2) is 55.8 Å². The minimum atomic E-state index is -0.933. The first-order valence-electron chi connectivity index (χ1n) is 7.73. The second kappa shape index (κ2) is 13.3. The molecule has 0 aliphatic carbocycles. The van der Waals surface area contributed by atoms with Crippen LogP contribution in [0.2, 0.25) is 0 Å². The molecule has 5 nitrogen and oxygen atoms in total. The third-order valence-electron chi connectivity index (χ3n) is 2.97. The molecule has 1 atom stereocenters. The highest BCUT2D eigenvalue weighted by atomic mass is 16.4. The van der Waals surface area contributed by atoms with Crippen LogP contribution in [0.4, 0.5) is 0 Å². The Morgan fingerprint density at radius 1 is 1.10 bits per heavy atom. The summed E-state index contributed by atoms with van der Waals surface area (Å²) in [7, 11) is 6.77. The molecular formula is C15H36N3O2+. The van der Waals surface area contributed by atoms with Crippen LogP contribution in [-0.2, 0) is 4.79 Å². The molecule has 0 fully saturated rings. The highest BCUT2D eigenvalue weighted by molar-refractivity contribution is 5.72. The van der Waals surface area contributed by atoms with Gasteiger partial charge >= 0.3 is 5.97 Å². The molecule has 0 unspecified atom stereocenters. The number of hydrogen-bond donors (Lipinski definition) is 3. The molecule has 0 aromatic carbocycles. The lowest BCUT2D eigenvalue weighted by Crippen LogP contribution is -2.35. The van der Waals surface area contributed by atoms with E-state index in [0.717, 1.165) is 17.3 Å². The van der Waals surface area contributed by atoms with Gasteiger partial charge in [-0.2, -0.15) is 0 Å². The standard InChI is InChI=1S/C9H22N.C6H14N2O2/c1-5-6-7-8-9-10(2,3)4;7-4-2-1-3-5(8)6(9)10/h5-9H2,1-4H3;5H,1-4,7-8H2,(H,9,10)/q+1;/t;5-/m.0/s1. The minimum Gasteiger partial charge on any atom is -0.480 e. The van der Waals surface area contributed by atoms with Crippen molar-refractivity contribution >= 4 is 5.97 Å². The van der Waals surface area contributed by atoms with Crippen molar-refractivity contribution in [2.75, 3.05) is 34.2 Å². The van der Waals surface area contributed by atoms with Crippen LogP contribution < -0.4 is 11.5 Å². The van der Waals surface area contributed by atoms with Gasteiger partial charge in [-0.1, -0.05) is 26.2 Å². The second-order valence-electron chi connectivity index (χ2n) is 6.30. The van der Waals surface area contributed by atoms with Gasteiger partial charge in [0.1, 0.15) is 6.04 Å². The first-order chi connectivity index (χ1) is 9.24. The molecule has 0 heterocycles. The molecule has 5 N–H and O–H groups in total. The first-order valence-corrected chi connectivity index (χ1v) is 7.73. The van der Waals surface area contributed by atoms with Gasteiger partial charge in [0.25, 0.3) is 0 Å². The summed E-state index contributed by atoms with van der Waals surface area (Å²) in [6.07, 6.45) is 7.71. The van der Waals surface area contributed by atoms with E-state index in [9.17, 15) is 4.79 Å². The number of hydrogen-bond acceptors (Lipinski definition) is 3. The van der Waals surface area contributed by atoms with Crippen LogP contribution in [0, 0.1) is 0 Å². The fourth-order valence-electron chi connectivity index (χ4n) is 1.64. The fraction of sp³-hybridized carbons (Fsp3) is 0.933. The summed E-state index contributed by atoms with van der Waals surface area (Å²) < 4.78 is 1.11. The summed E-state index contributed by atoms with van der Waals surface area (Å²) in [5.41, 5.74) is 10.4. The lowest BCUT2D eigenvalue weighted by Gasteiger charge is -2.23. The van der Waals surface area contributed by atoms with E-state index in [0.29, 0.717) is 13.0 Å². The highest BCUT2D eigenvalue weighted by Gasteiger charge is 2.09. The molecule has 5 heteroatoms. The van der Waals surface area contributed by atoms with Gasteiger partial charge in [-0.25, -0.2) is 0 Å². The van der Waals surface area contributed by atoms with Gasteiger partial charge in [0.15, 0.2) is 0 Å².